The van der Waals surface area contributed by atoms with Gasteiger partial charge in [0.2, 0.25) is 5.91 Å². The molecule has 1 amide bonds. The van der Waals surface area contributed by atoms with Crippen molar-refractivity contribution in [1.29, 1.82) is 0 Å². The van der Waals surface area contributed by atoms with Gasteiger partial charge in [0.15, 0.2) is 0 Å². The summed E-state index contributed by atoms with van der Waals surface area (Å²) in [4.78, 5) is 11.7. The van der Waals surface area contributed by atoms with Crippen molar-refractivity contribution in [2.24, 2.45) is 5.92 Å². The topological polar surface area (TPSA) is 41.1 Å². The van der Waals surface area contributed by atoms with Crippen molar-refractivity contribution in [3.8, 4) is 0 Å². The summed E-state index contributed by atoms with van der Waals surface area (Å²) in [6.07, 6.45) is 4.50. The Hall–Kier alpha value is -0.570. The molecule has 0 aromatic rings. The maximum atomic E-state index is 11.7. The van der Waals surface area contributed by atoms with E-state index in [9.17, 15) is 4.79 Å². The lowest BCUT2D eigenvalue weighted by Gasteiger charge is -2.21. The molecule has 0 radical (unpaired) electrons. The lowest BCUT2D eigenvalue weighted by atomic mass is 10.00. The van der Waals surface area contributed by atoms with Gasteiger partial charge in [-0.05, 0) is 32.6 Å². The van der Waals surface area contributed by atoms with E-state index in [0.29, 0.717) is 12.0 Å². The summed E-state index contributed by atoms with van der Waals surface area (Å²) in [7, 11) is 0. The number of carbonyl (C=O) groups is 1. The fourth-order valence-electron chi connectivity index (χ4n) is 1.88. The highest BCUT2D eigenvalue weighted by Crippen LogP contribution is 2.09. The summed E-state index contributed by atoms with van der Waals surface area (Å²) in [5, 5.41) is 6.31. The van der Waals surface area contributed by atoms with E-state index in [1.54, 1.807) is 0 Å². The first-order valence-corrected chi connectivity index (χ1v) is 7.04. The molecule has 0 aromatic heterocycles. The summed E-state index contributed by atoms with van der Waals surface area (Å²) in [6, 6.07) is 0.308. The molecule has 0 aliphatic carbocycles. The number of nitrogens with one attached hydrogen (secondary N) is 2. The molecule has 0 aliphatic heterocycles. The predicted molar refractivity (Wildman–Crippen MR) is 74.0 cm³/mol. The van der Waals surface area contributed by atoms with Gasteiger partial charge in [0.1, 0.15) is 0 Å². The Balaban J connectivity index is 3.82. The van der Waals surface area contributed by atoms with Crippen molar-refractivity contribution < 1.29 is 4.79 Å². The Morgan fingerprint density at radius 1 is 1.18 bits per heavy atom. The van der Waals surface area contributed by atoms with Gasteiger partial charge in [0, 0.05) is 12.6 Å². The molecular formula is C14H30N2O. The largest absolute Gasteiger partial charge is 0.355 e. The smallest absolute Gasteiger partial charge is 0.236 e. The summed E-state index contributed by atoms with van der Waals surface area (Å²) < 4.78 is 0. The molecule has 0 aromatic carbocycles. The van der Waals surface area contributed by atoms with Crippen LogP contribution in [-0.2, 0) is 4.79 Å². The van der Waals surface area contributed by atoms with Crippen LogP contribution in [0.5, 0.6) is 0 Å². The molecule has 0 fully saturated rings. The van der Waals surface area contributed by atoms with Crippen LogP contribution in [0.2, 0.25) is 0 Å². The van der Waals surface area contributed by atoms with Crippen LogP contribution in [0.4, 0.5) is 0 Å². The molecule has 102 valence electrons. The van der Waals surface area contributed by atoms with Crippen LogP contribution in [0, 0.1) is 5.92 Å². The molecule has 0 bridgehead atoms. The third-order valence-corrected chi connectivity index (χ3v) is 3.21. The van der Waals surface area contributed by atoms with Crippen molar-refractivity contribution in [1.82, 2.24) is 10.6 Å². The van der Waals surface area contributed by atoms with Crippen LogP contribution in [0.3, 0.4) is 0 Å². The molecule has 3 unspecified atom stereocenters. The Bertz CT molecular complexity index is 206. The summed E-state index contributed by atoms with van der Waals surface area (Å²) in [6.45, 7) is 11.5. The first-order valence-electron chi connectivity index (χ1n) is 7.04. The Kier molecular flexibility index (Phi) is 9.14. The van der Waals surface area contributed by atoms with Crippen LogP contribution in [-0.4, -0.2) is 24.5 Å². The lowest BCUT2D eigenvalue weighted by Crippen LogP contribution is -2.46. The van der Waals surface area contributed by atoms with Crippen molar-refractivity contribution in [2.75, 3.05) is 6.54 Å². The highest BCUT2D eigenvalue weighted by Gasteiger charge is 2.15. The second-order valence-electron chi connectivity index (χ2n) is 5.18. The maximum Gasteiger partial charge on any atom is 0.236 e. The van der Waals surface area contributed by atoms with E-state index in [1.807, 2.05) is 6.92 Å². The minimum absolute atomic E-state index is 0.0917. The van der Waals surface area contributed by atoms with Crippen LogP contribution < -0.4 is 10.6 Å². The SMILES string of the molecule is CCCCNC(=O)C(C)NC(C)CC(C)CC. The molecule has 0 saturated carbocycles. The molecule has 0 rings (SSSR count). The Morgan fingerprint density at radius 3 is 2.35 bits per heavy atom. The summed E-state index contributed by atoms with van der Waals surface area (Å²) in [5.41, 5.74) is 0. The number of hydrogen-bond donors (Lipinski definition) is 2. The quantitative estimate of drug-likeness (QED) is 0.610. The van der Waals surface area contributed by atoms with E-state index in [2.05, 4.69) is 38.3 Å². The van der Waals surface area contributed by atoms with Crippen LogP contribution in [0.25, 0.3) is 0 Å². The van der Waals surface area contributed by atoms with Crippen molar-refractivity contribution >= 4 is 5.91 Å². The molecule has 3 nitrogen and oxygen atoms in total. The van der Waals surface area contributed by atoms with Crippen LogP contribution in [0.1, 0.15) is 60.3 Å². The van der Waals surface area contributed by atoms with E-state index in [1.165, 1.54) is 6.42 Å². The van der Waals surface area contributed by atoms with E-state index < -0.39 is 0 Å². The van der Waals surface area contributed by atoms with Crippen LogP contribution in [0.15, 0.2) is 0 Å². The summed E-state index contributed by atoms with van der Waals surface area (Å²) in [5.74, 6) is 0.835. The van der Waals surface area contributed by atoms with E-state index >= 15 is 0 Å². The van der Waals surface area contributed by atoms with Gasteiger partial charge >= 0.3 is 0 Å². The van der Waals surface area contributed by atoms with Gasteiger partial charge in [-0.15, -0.1) is 0 Å². The zero-order chi connectivity index (χ0) is 13.3. The van der Waals surface area contributed by atoms with Crippen molar-refractivity contribution in [3.05, 3.63) is 0 Å². The minimum atomic E-state index is -0.0917. The molecule has 3 heteroatoms. The molecule has 0 aliphatic rings. The number of hydrogen-bond acceptors (Lipinski definition) is 2. The maximum absolute atomic E-state index is 11.7. The van der Waals surface area contributed by atoms with Crippen LogP contribution >= 0.6 is 0 Å². The first kappa shape index (κ1) is 16.4. The fraction of sp³-hybridized carbons (Fsp3) is 0.929. The third-order valence-electron chi connectivity index (χ3n) is 3.21. The van der Waals surface area contributed by atoms with Gasteiger partial charge in [-0.1, -0.05) is 33.6 Å². The van der Waals surface area contributed by atoms with Gasteiger partial charge in [-0.2, -0.15) is 0 Å². The molecule has 0 heterocycles. The monoisotopic (exact) mass is 242 g/mol. The van der Waals surface area contributed by atoms with E-state index in [4.69, 9.17) is 0 Å². The average molecular weight is 242 g/mol. The number of carbonyl (C=O) groups excluding carboxylic acids is 1. The highest BCUT2D eigenvalue weighted by molar-refractivity contribution is 5.81. The van der Waals surface area contributed by atoms with Crippen molar-refractivity contribution in [3.63, 3.8) is 0 Å². The van der Waals surface area contributed by atoms with Gasteiger partial charge in [-0.25, -0.2) is 0 Å². The Morgan fingerprint density at radius 2 is 1.82 bits per heavy atom. The van der Waals surface area contributed by atoms with E-state index in [0.717, 1.165) is 25.8 Å². The van der Waals surface area contributed by atoms with E-state index in [-0.39, 0.29) is 11.9 Å². The molecule has 0 spiro atoms. The molecule has 0 saturated heterocycles. The number of rotatable bonds is 9. The molecular weight excluding hydrogens is 212 g/mol. The fourth-order valence-corrected chi connectivity index (χ4v) is 1.88. The van der Waals surface area contributed by atoms with Gasteiger partial charge in [0.05, 0.1) is 6.04 Å². The molecule has 17 heavy (non-hydrogen) atoms. The zero-order valence-electron chi connectivity index (χ0n) is 12.2. The lowest BCUT2D eigenvalue weighted by molar-refractivity contribution is -0.122. The van der Waals surface area contributed by atoms with Gasteiger partial charge in [-0.3, -0.25) is 4.79 Å². The van der Waals surface area contributed by atoms with Gasteiger partial charge in [0.25, 0.3) is 0 Å². The molecule has 2 N–H and O–H groups in total. The van der Waals surface area contributed by atoms with Crippen molar-refractivity contribution in [2.45, 2.75) is 72.4 Å². The van der Waals surface area contributed by atoms with Gasteiger partial charge < -0.3 is 10.6 Å². The molecule has 3 atom stereocenters. The highest BCUT2D eigenvalue weighted by atomic mass is 16.2. The number of unbranched alkanes of at least 4 members (excludes halogenated alkanes) is 1. The minimum Gasteiger partial charge on any atom is -0.355 e. The first-order chi connectivity index (χ1) is 8.01. The Labute approximate surface area is 107 Å². The number of amides is 1. The third kappa shape index (κ3) is 8.19. The normalized spacial score (nSPS) is 16.3. The zero-order valence-corrected chi connectivity index (χ0v) is 12.2. The standard InChI is InChI=1S/C14H30N2O/c1-6-8-9-15-14(17)13(5)16-12(4)10-11(3)7-2/h11-13,16H,6-10H2,1-5H3,(H,15,17). The second kappa shape index (κ2) is 9.46. The average Bonchev–Trinajstić information content (AvgIpc) is 2.28. The predicted octanol–water partition coefficient (Wildman–Crippen LogP) is 2.71. The summed E-state index contributed by atoms with van der Waals surface area (Å²) >= 11 is 0. The second-order valence-corrected chi connectivity index (χ2v) is 5.18.